The summed E-state index contributed by atoms with van der Waals surface area (Å²) in [6.07, 6.45) is 3.46. The van der Waals surface area contributed by atoms with Crippen LogP contribution in [-0.4, -0.2) is 25.7 Å². The molecule has 2 aromatic carbocycles. The van der Waals surface area contributed by atoms with Gasteiger partial charge in [-0.25, -0.2) is 9.67 Å². The number of amides is 1. The number of pyridine rings is 1. The molecule has 0 saturated heterocycles. The van der Waals surface area contributed by atoms with Gasteiger partial charge in [0, 0.05) is 28.9 Å². The first-order chi connectivity index (χ1) is 16.7. The molecule has 0 fully saturated rings. The molecule has 0 atom stereocenters. The van der Waals surface area contributed by atoms with Crippen LogP contribution in [0.25, 0.3) is 28.3 Å². The molecule has 7 heteroatoms. The Morgan fingerprint density at radius 3 is 2.44 bits per heavy atom. The molecule has 0 aliphatic rings. The Labute approximate surface area is 201 Å². The number of carbonyl (C=O) groups is 1. The first-order valence-corrected chi connectivity index (χ1v) is 11.5. The SMILES string of the molecule is CC#Cc1ccc(-c2csc(NC(=O)c3cn(-c4ccccc4)nc3-c3ccccc3)n2)nc1. The smallest absolute Gasteiger partial charge is 0.261 e. The van der Waals surface area contributed by atoms with Gasteiger partial charge in [-0.2, -0.15) is 5.10 Å². The van der Waals surface area contributed by atoms with E-state index in [4.69, 9.17) is 5.10 Å². The number of hydrogen-bond donors (Lipinski definition) is 1. The number of aromatic nitrogens is 4. The van der Waals surface area contributed by atoms with Crippen LogP contribution in [0.4, 0.5) is 5.13 Å². The monoisotopic (exact) mass is 461 g/mol. The van der Waals surface area contributed by atoms with Crippen molar-refractivity contribution in [3.05, 3.63) is 102 Å². The normalized spacial score (nSPS) is 10.4. The van der Waals surface area contributed by atoms with Crippen molar-refractivity contribution >= 4 is 22.4 Å². The molecular formula is C27H19N5OS. The molecule has 34 heavy (non-hydrogen) atoms. The second kappa shape index (κ2) is 9.53. The van der Waals surface area contributed by atoms with Gasteiger partial charge in [0.15, 0.2) is 5.13 Å². The van der Waals surface area contributed by atoms with Gasteiger partial charge in [0.1, 0.15) is 11.4 Å². The number of para-hydroxylation sites is 1. The average Bonchev–Trinajstić information content (AvgIpc) is 3.54. The van der Waals surface area contributed by atoms with Gasteiger partial charge in [0.05, 0.1) is 16.9 Å². The number of nitrogens with one attached hydrogen (secondary N) is 1. The highest BCUT2D eigenvalue weighted by Gasteiger charge is 2.20. The highest BCUT2D eigenvalue weighted by molar-refractivity contribution is 7.14. The van der Waals surface area contributed by atoms with E-state index >= 15 is 0 Å². The molecule has 3 heterocycles. The number of carbonyl (C=O) groups excluding carboxylic acids is 1. The van der Waals surface area contributed by atoms with E-state index in [2.05, 4.69) is 27.1 Å². The minimum atomic E-state index is -0.275. The number of thiazole rings is 1. The fraction of sp³-hybridized carbons (Fsp3) is 0.0370. The zero-order chi connectivity index (χ0) is 23.3. The summed E-state index contributed by atoms with van der Waals surface area (Å²) in [5.41, 5.74) is 5.07. The molecule has 5 rings (SSSR count). The standard InChI is InChI=1S/C27H19N5OS/c1-2-9-19-14-15-23(28-16-19)24-18-34-27(29-24)30-26(33)22-17-32(21-12-7-4-8-13-21)31-25(22)20-10-5-3-6-11-20/h3-8,10-18H,1H3,(H,29,30,33). The van der Waals surface area contributed by atoms with Crippen molar-refractivity contribution in [3.8, 4) is 40.2 Å². The molecule has 0 unspecified atom stereocenters. The highest BCUT2D eigenvalue weighted by atomic mass is 32.1. The lowest BCUT2D eigenvalue weighted by Crippen LogP contribution is -2.12. The third-order valence-corrected chi connectivity index (χ3v) is 5.80. The molecule has 0 aliphatic heterocycles. The van der Waals surface area contributed by atoms with Crippen LogP contribution in [0.5, 0.6) is 0 Å². The van der Waals surface area contributed by atoms with Gasteiger partial charge in [-0.15, -0.1) is 17.3 Å². The zero-order valence-electron chi connectivity index (χ0n) is 18.3. The molecule has 1 N–H and O–H groups in total. The quantitative estimate of drug-likeness (QED) is 0.342. The molecule has 6 nitrogen and oxygen atoms in total. The Balaban J connectivity index is 1.43. The molecule has 1 amide bonds. The lowest BCUT2D eigenvalue weighted by atomic mass is 10.1. The summed E-state index contributed by atoms with van der Waals surface area (Å²) in [6.45, 7) is 1.79. The Hall–Kier alpha value is -4.54. The largest absolute Gasteiger partial charge is 0.298 e. The van der Waals surface area contributed by atoms with E-state index in [1.165, 1.54) is 11.3 Å². The Bertz CT molecular complexity index is 1490. The summed E-state index contributed by atoms with van der Waals surface area (Å²) < 4.78 is 1.72. The fourth-order valence-corrected chi connectivity index (χ4v) is 4.14. The van der Waals surface area contributed by atoms with Crippen molar-refractivity contribution < 1.29 is 4.79 Å². The Morgan fingerprint density at radius 2 is 1.74 bits per heavy atom. The van der Waals surface area contributed by atoms with Gasteiger partial charge in [-0.3, -0.25) is 15.1 Å². The van der Waals surface area contributed by atoms with E-state index in [0.29, 0.717) is 22.1 Å². The summed E-state index contributed by atoms with van der Waals surface area (Å²) in [4.78, 5) is 22.3. The number of rotatable bonds is 5. The fourth-order valence-electron chi connectivity index (χ4n) is 3.44. The maximum Gasteiger partial charge on any atom is 0.261 e. The molecular weight excluding hydrogens is 442 g/mol. The first-order valence-electron chi connectivity index (χ1n) is 10.6. The summed E-state index contributed by atoms with van der Waals surface area (Å²) in [5.74, 6) is 5.55. The molecule has 0 radical (unpaired) electrons. The molecule has 164 valence electrons. The van der Waals surface area contributed by atoms with Crippen LogP contribution in [0.1, 0.15) is 22.8 Å². The number of benzene rings is 2. The van der Waals surface area contributed by atoms with Crippen molar-refractivity contribution in [3.63, 3.8) is 0 Å². The van der Waals surface area contributed by atoms with Crippen LogP contribution < -0.4 is 5.32 Å². The third-order valence-electron chi connectivity index (χ3n) is 5.05. The molecule has 3 aromatic heterocycles. The van der Waals surface area contributed by atoms with E-state index in [1.54, 1.807) is 24.0 Å². The molecule has 0 aliphatic carbocycles. The predicted octanol–water partition coefficient (Wildman–Crippen LogP) is 5.68. The topological polar surface area (TPSA) is 72.7 Å². The number of nitrogens with zero attached hydrogens (tertiary/aromatic N) is 4. The van der Waals surface area contributed by atoms with Crippen molar-refractivity contribution in [1.29, 1.82) is 0 Å². The van der Waals surface area contributed by atoms with Crippen LogP contribution in [0.15, 0.2) is 90.6 Å². The molecule has 0 bridgehead atoms. The van der Waals surface area contributed by atoms with E-state index < -0.39 is 0 Å². The molecule has 0 saturated carbocycles. The van der Waals surface area contributed by atoms with Crippen molar-refractivity contribution in [2.75, 3.05) is 5.32 Å². The summed E-state index contributed by atoms with van der Waals surface area (Å²) in [6, 6.07) is 23.1. The second-order valence-corrected chi connectivity index (χ2v) is 8.19. The number of anilines is 1. The molecule has 0 spiro atoms. The van der Waals surface area contributed by atoms with Gasteiger partial charge in [-0.05, 0) is 31.2 Å². The van der Waals surface area contributed by atoms with Gasteiger partial charge >= 0.3 is 0 Å². The summed E-state index contributed by atoms with van der Waals surface area (Å²) >= 11 is 1.35. The van der Waals surface area contributed by atoms with Crippen molar-refractivity contribution in [2.45, 2.75) is 6.92 Å². The van der Waals surface area contributed by atoms with E-state index in [9.17, 15) is 4.79 Å². The Kier molecular flexibility index (Phi) is 5.97. The maximum atomic E-state index is 13.3. The van der Waals surface area contributed by atoms with Gasteiger partial charge in [-0.1, -0.05) is 54.5 Å². The van der Waals surface area contributed by atoms with Crippen molar-refractivity contribution in [2.24, 2.45) is 0 Å². The van der Waals surface area contributed by atoms with E-state index in [0.717, 1.165) is 22.5 Å². The van der Waals surface area contributed by atoms with Gasteiger partial charge < -0.3 is 0 Å². The minimum Gasteiger partial charge on any atom is -0.298 e. The zero-order valence-corrected chi connectivity index (χ0v) is 19.1. The number of hydrogen-bond acceptors (Lipinski definition) is 5. The van der Waals surface area contributed by atoms with Crippen molar-refractivity contribution in [1.82, 2.24) is 19.7 Å². The minimum absolute atomic E-state index is 0.275. The van der Waals surface area contributed by atoms with Crippen LogP contribution in [0.2, 0.25) is 0 Å². The first kappa shape index (κ1) is 21.3. The predicted molar refractivity (Wildman–Crippen MR) is 135 cm³/mol. The highest BCUT2D eigenvalue weighted by Crippen LogP contribution is 2.27. The maximum absolute atomic E-state index is 13.3. The van der Waals surface area contributed by atoms with Crippen LogP contribution in [-0.2, 0) is 0 Å². The lowest BCUT2D eigenvalue weighted by Gasteiger charge is -2.02. The van der Waals surface area contributed by atoms with Crippen LogP contribution in [0, 0.1) is 11.8 Å². The molecule has 5 aromatic rings. The summed E-state index contributed by atoms with van der Waals surface area (Å²) in [5, 5.41) is 9.99. The average molecular weight is 462 g/mol. The third kappa shape index (κ3) is 4.49. The lowest BCUT2D eigenvalue weighted by molar-refractivity contribution is 0.102. The van der Waals surface area contributed by atoms with Gasteiger partial charge in [0.25, 0.3) is 5.91 Å². The second-order valence-electron chi connectivity index (χ2n) is 7.34. The Morgan fingerprint density at radius 1 is 0.971 bits per heavy atom. The van der Waals surface area contributed by atoms with E-state index in [1.807, 2.05) is 78.2 Å². The van der Waals surface area contributed by atoms with Crippen LogP contribution >= 0.6 is 11.3 Å². The summed E-state index contributed by atoms with van der Waals surface area (Å²) in [7, 11) is 0. The van der Waals surface area contributed by atoms with Gasteiger partial charge in [0.2, 0.25) is 0 Å². The van der Waals surface area contributed by atoms with Crippen LogP contribution in [0.3, 0.4) is 0 Å². The van der Waals surface area contributed by atoms with E-state index in [-0.39, 0.29) is 5.91 Å².